The Hall–Kier alpha value is -0.780. The highest BCUT2D eigenvalue weighted by Gasteiger charge is 2.31. The molecule has 0 aromatic heterocycles. The number of carbonyl (C=O) groups excluding carboxylic acids is 1. The average Bonchev–Trinajstić information content (AvgIpc) is 2.13. The molecule has 0 heterocycles. The van der Waals surface area contributed by atoms with Crippen LogP contribution in [0.3, 0.4) is 0 Å². The minimum absolute atomic E-state index is 0.282. The Bertz CT molecular complexity index is 277. The van der Waals surface area contributed by atoms with Crippen LogP contribution in [0.25, 0.3) is 0 Å². The number of carbonyl (C=O) groups is 1. The Balaban J connectivity index is 4.24. The fourth-order valence-electron chi connectivity index (χ4n) is 1.44. The molecule has 0 aliphatic heterocycles. The molecule has 0 aromatic carbocycles. The lowest BCUT2D eigenvalue weighted by atomic mass is 10.0. The summed E-state index contributed by atoms with van der Waals surface area (Å²) < 4.78 is 36.4. The third kappa shape index (κ3) is 7.53. The van der Waals surface area contributed by atoms with E-state index in [-0.39, 0.29) is 11.4 Å². The van der Waals surface area contributed by atoms with E-state index < -0.39 is 24.7 Å². The second kappa shape index (κ2) is 6.41. The van der Waals surface area contributed by atoms with Gasteiger partial charge in [-0.1, -0.05) is 6.92 Å². The van der Waals surface area contributed by atoms with Gasteiger partial charge >= 0.3 is 6.18 Å². The third-order valence-corrected chi connectivity index (χ3v) is 2.81. The second-order valence-corrected chi connectivity index (χ2v) is 5.34. The van der Waals surface area contributed by atoms with Gasteiger partial charge in [0.2, 0.25) is 5.91 Å². The van der Waals surface area contributed by atoms with Crippen molar-refractivity contribution in [3.05, 3.63) is 0 Å². The molecule has 0 aromatic rings. The first kappa shape index (κ1) is 17.2. The van der Waals surface area contributed by atoms with Gasteiger partial charge in [0.15, 0.2) is 0 Å². The summed E-state index contributed by atoms with van der Waals surface area (Å²) >= 11 is 0. The lowest BCUT2D eigenvalue weighted by Gasteiger charge is -2.28. The van der Waals surface area contributed by atoms with Gasteiger partial charge in [0, 0.05) is 11.6 Å². The first-order valence-corrected chi connectivity index (χ1v) is 6.11. The van der Waals surface area contributed by atoms with Gasteiger partial charge in [0.25, 0.3) is 0 Å². The van der Waals surface area contributed by atoms with Crippen LogP contribution in [0.1, 0.15) is 47.5 Å². The van der Waals surface area contributed by atoms with E-state index in [1.807, 2.05) is 20.8 Å². The monoisotopic (exact) mass is 268 g/mol. The molecule has 3 nitrogen and oxygen atoms in total. The maximum atomic E-state index is 12.1. The van der Waals surface area contributed by atoms with Crippen LogP contribution in [0.4, 0.5) is 13.2 Å². The standard InChI is InChI=1S/C12H23F3N2O/c1-6-11(4,5)17-10(18)9(3)16-8(2)7-12(13,14)15/h8-9,16H,6-7H2,1-5H3,(H,17,18). The molecular weight excluding hydrogens is 245 g/mol. The molecule has 0 radical (unpaired) electrons. The average molecular weight is 268 g/mol. The third-order valence-electron chi connectivity index (χ3n) is 2.81. The van der Waals surface area contributed by atoms with Crippen molar-refractivity contribution in [3.8, 4) is 0 Å². The molecule has 0 fully saturated rings. The molecule has 6 heteroatoms. The minimum Gasteiger partial charge on any atom is -0.350 e. The van der Waals surface area contributed by atoms with Crippen LogP contribution in [0.2, 0.25) is 0 Å². The summed E-state index contributed by atoms with van der Waals surface area (Å²) in [5, 5.41) is 5.44. The molecule has 2 N–H and O–H groups in total. The summed E-state index contributed by atoms with van der Waals surface area (Å²) in [6.45, 7) is 8.66. The first-order valence-electron chi connectivity index (χ1n) is 6.11. The molecule has 0 bridgehead atoms. The van der Waals surface area contributed by atoms with Crippen LogP contribution in [0.15, 0.2) is 0 Å². The smallest absolute Gasteiger partial charge is 0.350 e. The molecule has 108 valence electrons. The zero-order valence-electron chi connectivity index (χ0n) is 11.6. The Labute approximate surface area is 107 Å². The summed E-state index contributed by atoms with van der Waals surface area (Å²) in [6, 6.07) is -1.43. The lowest BCUT2D eigenvalue weighted by Crippen LogP contribution is -2.52. The molecule has 0 saturated heterocycles. The zero-order chi connectivity index (χ0) is 14.6. The van der Waals surface area contributed by atoms with Crippen molar-refractivity contribution in [2.24, 2.45) is 0 Å². The largest absolute Gasteiger partial charge is 0.390 e. The predicted molar refractivity (Wildman–Crippen MR) is 65.2 cm³/mol. The fourth-order valence-corrected chi connectivity index (χ4v) is 1.44. The van der Waals surface area contributed by atoms with Gasteiger partial charge in [0.1, 0.15) is 0 Å². The van der Waals surface area contributed by atoms with Crippen LogP contribution in [0, 0.1) is 0 Å². The van der Waals surface area contributed by atoms with Crippen molar-refractivity contribution in [2.45, 2.75) is 71.3 Å². The summed E-state index contributed by atoms with van der Waals surface area (Å²) in [7, 11) is 0. The van der Waals surface area contributed by atoms with Crippen molar-refractivity contribution in [2.75, 3.05) is 0 Å². The Morgan fingerprint density at radius 2 is 1.72 bits per heavy atom. The van der Waals surface area contributed by atoms with Gasteiger partial charge in [-0.05, 0) is 34.1 Å². The van der Waals surface area contributed by atoms with E-state index in [4.69, 9.17) is 0 Å². The van der Waals surface area contributed by atoms with Gasteiger partial charge in [-0.2, -0.15) is 13.2 Å². The van der Waals surface area contributed by atoms with Crippen LogP contribution in [-0.4, -0.2) is 29.7 Å². The van der Waals surface area contributed by atoms with E-state index in [0.29, 0.717) is 0 Å². The number of hydrogen-bond donors (Lipinski definition) is 2. The van der Waals surface area contributed by atoms with E-state index >= 15 is 0 Å². The van der Waals surface area contributed by atoms with E-state index in [9.17, 15) is 18.0 Å². The molecule has 2 unspecified atom stereocenters. The van der Waals surface area contributed by atoms with Crippen LogP contribution < -0.4 is 10.6 Å². The van der Waals surface area contributed by atoms with Gasteiger partial charge in [-0.15, -0.1) is 0 Å². The number of halogens is 3. The van der Waals surface area contributed by atoms with Crippen LogP contribution in [-0.2, 0) is 4.79 Å². The Morgan fingerprint density at radius 3 is 2.11 bits per heavy atom. The topological polar surface area (TPSA) is 41.1 Å². The number of nitrogens with one attached hydrogen (secondary N) is 2. The van der Waals surface area contributed by atoms with Gasteiger partial charge in [0.05, 0.1) is 12.5 Å². The van der Waals surface area contributed by atoms with Gasteiger partial charge < -0.3 is 10.6 Å². The van der Waals surface area contributed by atoms with E-state index in [0.717, 1.165) is 6.42 Å². The van der Waals surface area contributed by atoms with E-state index in [1.54, 1.807) is 6.92 Å². The van der Waals surface area contributed by atoms with Gasteiger partial charge in [-0.25, -0.2) is 0 Å². The SMILES string of the molecule is CCC(C)(C)NC(=O)C(C)NC(C)CC(F)(F)F. The van der Waals surface area contributed by atoms with E-state index in [1.165, 1.54) is 6.92 Å². The molecular formula is C12H23F3N2O. The molecule has 0 spiro atoms. The maximum absolute atomic E-state index is 12.1. The van der Waals surface area contributed by atoms with Crippen LogP contribution >= 0.6 is 0 Å². The molecule has 1 amide bonds. The normalized spacial score (nSPS) is 16.2. The van der Waals surface area contributed by atoms with Crippen LogP contribution in [0.5, 0.6) is 0 Å². The minimum atomic E-state index is -4.22. The van der Waals surface area contributed by atoms with Crippen molar-refractivity contribution in [1.82, 2.24) is 10.6 Å². The number of alkyl halides is 3. The maximum Gasteiger partial charge on any atom is 0.390 e. The fraction of sp³-hybridized carbons (Fsp3) is 0.917. The summed E-state index contributed by atoms with van der Waals surface area (Å²) in [5.74, 6) is -0.282. The quantitative estimate of drug-likeness (QED) is 0.777. The molecule has 0 rings (SSSR count). The summed E-state index contributed by atoms with van der Waals surface area (Å²) in [6.07, 6.45) is -4.41. The molecule has 0 aliphatic rings. The first-order chi connectivity index (χ1) is 7.97. The highest BCUT2D eigenvalue weighted by molar-refractivity contribution is 5.82. The van der Waals surface area contributed by atoms with Crippen molar-refractivity contribution >= 4 is 5.91 Å². The summed E-state index contributed by atoms with van der Waals surface area (Å²) in [4.78, 5) is 11.8. The highest BCUT2D eigenvalue weighted by atomic mass is 19.4. The number of amides is 1. The molecule has 18 heavy (non-hydrogen) atoms. The van der Waals surface area contributed by atoms with Gasteiger partial charge in [-0.3, -0.25) is 4.79 Å². The molecule has 2 atom stereocenters. The summed E-state index contributed by atoms with van der Waals surface area (Å²) in [5.41, 5.74) is -0.347. The zero-order valence-corrected chi connectivity index (χ0v) is 11.6. The molecule has 0 aliphatic carbocycles. The number of hydrogen-bond acceptors (Lipinski definition) is 2. The van der Waals surface area contributed by atoms with E-state index in [2.05, 4.69) is 10.6 Å². The second-order valence-electron chi connectivity index (χ2n) is 5.34. The predicted octanol–water partition coefficient (Wildman–Crippen LogP) is 2.61. The molecule has 0 saturated carbocycles. The Kier molecular flexibility index (Phi) is 6.13. The van der Waals surface area contributed by atoms with Crippen molar-refractivity contribution < 1.29 is 18.0 Å². The Morgan fingerprint density at radius 1 is 1.22 bits per heavy atom. The highest BCUT2D eigenvalue weighted by Crippen LogP contribution is 2.21. The van der Waals surface area contributed by atoms with Crippen molar-refractivity contribution in [3.63, 3.8) is 0 Å². The number of rotatable bonds is 6. The van der Waals surface area contributed by atoms with Crippen molar-refractivity contribution in [1.29, 1.82) is 0 Å². The lowest BCUT2D eigenvalue weighted by molar-refractivity contribution is -0.141.